The molecule has 2 rings (SSSR count). The van der Waals surface area contributed by atoms with E-state index in [1.165, 1.54) is 24.2 Å². The molecular formula is C19H28N2O2S. The van der Waals surface area contributed by atoms with Gasteiger partial charge in [0.25, 0.3) is 5.91 Å². The molecule has 1 aliphatic heterocycles. The molecule has 5 heteroatoms. The highest BCUT2D eigenvalue weighted by Gasteiger charge is 2.33. The van der Waals surface area contributed by atoms with Crippen molar-refractivity contribution in [2.75, 3.05) is 19.3 Å². The van der Waals surface area contributed by atoms with Gasteiger partial charge in [-0.3, -0.25) is 4.79 Å². The summed E-state index contributed by atoms with van der Waals surface area (Å²) in [5.41, 5.74) is 1.88. The van der Waals surface area contributed by atoms with Gasteiger partial charge in [0.1, 0.15) is 6.29 Å². The standard InChI is InChI=1S/C19H28N2O2S/c1-3-8-15(14-22)21-13-17-16(19(21)23)9-7-10-18(17)24-12-6-4-5-11-20-2/h7,9-10,14-15,20H,3-6,8,11-13H2,1-2H3. The number of nitrogens with one attached hydrogen (secondary N) is 1. The molecule has 0 saturated carbocycles. The molecule has 0 fully saturated rings. The molecule has 0 spiro atoms. The summed E-state index contributed by atoms with van der Waals surface area (Å²) in [4.78, 5) is 26.9. The van der Waals surface area contributed by atoms with Gasteiger partial charge in [-0.1, -0.05) is 25.8 Å². The summed E-state index contributed by atoms with van der Waals surface area (Å²) in [5.74, 6) is 1.08. The summed E-state index contributed by atoms with van der Waals surface area (Å²) in [7, 11) is 1.98. The quantitative estimate of drug-likeness (QED) is 0.378. The molecule has 1 unspecified atom stereocenters. The minimum atomic E-state index is -0.297. The second kappa shape index (κ2) is 9.84. The van der Waals surface area contributed by atoms with Gasteiger partial charge >= 0.3 is 0 Å². The average Bonchev–Trinajstić information content (AvgIpc) is 2.93. The van der Waals surface area contributed by atoms with Crippen LogP contribution in [0.4, 0.5) is 0 Å². The predicted molar refractivity (Wildman–Crippen MR) is 99.6 cm³/mol. The molecule has 1 atom stereocenters. The Balaban J connectivity index is 1.99. The summed E-state index contributed by atoms with van der Waals surface area (Å²) in [6, 6.07) is 5.65. The number of fused-ring (bicyclic) bond motifs is 1. The van der Waals surface area contributed by atoms with Crippen LogP contribution in [-0.4, -0.2) is 42.5 Å². The van der Waals surface area contributed by atoms with Crippen LogP contribution >= 0.6 is 11.8 Å². The van der Waals surface area contributed by atoms with Crippen molar-refractivity contribution in [3.63, 3.8) is 0 Å². The maximum atomic E-state index is 12.6. The highest BCUT2D eigenvalue weighted by atomic mass is 32.2. The van der Waals surface area contributed by atoms with Crippen LogP contribution in [0, 0.1) is 0 Å². The zero-order valence-electron chi connectivity index (χ0n) is 14.7. The Morgan fingerprint density at radius 2 is 2.17 bits per heavy atom. The van der Waals surface area contributed by atoms with E-state index in [-0.39, 0.29) is 11.9 Å². The van der Waals surface area contributed by atoms with Crippen molar-refractivity contribution in [2.45, 2.75) is 56.5 Å². The maximum absolute atomic E-state index is 12.6. The Kier molecular flexibility index (Phi) is 7.79. The Morgan fingerprint density at radius 3 is 2.88 bits per heavy atom. The molecule has 1 N–H and O–H groups in total. The summed E-state index contributed by atoms with van der Waals surface area (Å²) >= 11 is 1.83. The summed E-state index contributed by atoms with van der Waals surface area (Å²) in [5, 5.41) is 3.17. The van der Waals surface area contributed by atoms with E-state index in [0.29, 0.717) is 6.54 Å². The van der Waals surface area contributed by atoms with Crippen LogP contribution < -0.4 is 5.32 Å². The van der Waals surface area contributed by atoms with Gasteiger partial charge in [-0.2, -0.15) is 0 Å². The second-order valence-corrected chi connectivity index (χ2v) is 7.36. The van der Waals surface area contributed by atoms with Gasteiger partial charge in [-0.15, -0.1) is 11.8 Å². The lowest BCUT2D eigenvalue weighted by molar-refractivity contribution is -0.112. The largest absolute Gasteiger partial charge is 0.324 e. The smallest absolute Gasteiger partial charge is 0.255 e. The number of benzene rings is 1. The van der Waals surface area contributed by atoms with Gasteiger partial charge in [-0.05, 0) is 56.3 Å². The number of carbonyl (C=O) groups is 2. The van der Waals surface area contributed by atoms with Gasteiger partial charge in [0, 0.05) is 17.0 Å². The first-order chi connectivity index (χ1) is 11.7. The van der Waals surface area contributed by atoms with Gasteiger partial charge in [0.15, 0.2) is 0 Å². The average molecular weight is 349 g/mol. The third kappa shape index (κ3) is 4.61. The summed E-state index contributed by atoms with van der Waals surface area (Å²) in [6.45, 7) is 3.68. The number of unbranched alkanes of at least 4 members (excludes halogenated alkanes) is 2. The summed E-state index contributed by atoms with van der Waals surface area (Å²) in [6.07, 6.45) is 6.16. The van der Waals surface area contributed by atoms with Crippen molar-refractivity contribution in [3.8, 4) is 0 Å². The highest BCUT2D eigenvalue weighted by molar-refractivity contribution is 7.99. The fourth-order valence-corrected chi connectivity index (χ4v) is 4.18. The van der Waals surface area contributed by atoms with Gasteiger partial charge in [0.05, 0.1) is 6.04 Å². The number of nitrogens with zero attached hydrogens (tertiary/aromatic N) is 1. The van der Waals surface area contributed by atoms with Crippen molar-refractivity contribution in [2.24, 2.45) is 0 Å². The fourth-order valence-electron chi connectivity index (χ4n) is 3.08. The second-order valence-electron chi connectivity index (χ2n) is 6.22. The van der Waals surface area contributed by atoms with Crippen molar-refractivity contribution in [3.05, 3.63) is 29.3 Å². The minimum Gasteiger partial charge on any atom is -0.324 e. The molecule has 1 aromatic rings. The van der Waals surface area contributed by atoms with Crippen LogP contribution in [0.2, 0.25) is 0 Å². The van der Waals surface area contributed by atoms with E-state index >= 15 is 0 Å². The van der Waals surface area contributed by atoms with Crippen LogP contribution in [0.3, 0.4) is 0 Å². The molecule has 0 saturated heterocycles. The Labute approximate surface area is 149 Å². The van der Waals surface area contributed by atoms with E-state index in [9.17, 15) is 9.59 Å². The molecule has 24 heavy (non-hydrogen) atoms. The first-order valence-electron chi connectivity index (χ1n) is 8.88. The number of aldehydes is 1. The van der Waals surface area contributed by atoms with E-state index in [1.807, 2.05) is 37.9 Å². The number of amides is 1. The predicted octanol–water partition coefficient (Wildman–Crippen LogP) is 3.49. The first-order valence-corrected chi connectivity index (χ1v) is 9.87. The Morgan fingerprint density at radius 1 is 1.33 bits per heavy atom. The molecule has 0 aliphatic carbocycles. The Bertz CT molecular complexity index is 562. The molecule has 4 nitrogen and oxygen atoms in total. The molecule has 1 aliphatic rings. The topological polar surface area (TPSA) is 49.4 Å². The van der Waals surface area contributed by atoms with E-state index in [4.69, 9.17) is 0 Å². The lowest BCUT2D eigenvalue weighted by Gasteiger charge is -2.22. The van der Waals surface area contributed by atoms with Crippen molar-refractivity contribution in [1.29, 1.82) is 0 Å². The van der Waals surface area contributed by atoms with E-state index in [1.54, 1.807) is 4.90 Å². The first kappa shape index (κ1) is 19.0. The van der Waals surface area contributed by atoms with E-state index in [0.717, 1.165) is 42.6 Å². The van der Waals surface area contributed by atoms with Crippen molar-refractivity contribution in [1.82, 2.24) is 10.2 Å². The lowest BCUT2D eigenvalue weighted by Crippen LogP contribution is -2.36. The van der Waals surface area contributed by atoms with Crippen LogP contribution in [0.1, 0.15) is 54.9 Å². The number of hydrogen-bond acceptors (Lipinski definition) is 4. The zero-order valence-corrected chi connectivity index (χ0v) is 15.5. The summed E-state index contributed by atoms with van der Waals surface area (Å²) < 4.78 is 0. The lowest BCUT2D eigenvalue weighted by atomic mass is 10.1. The van der Waals surface area contributed by atoms with Gasteiger partial charge in [0.2, 0.25) is 0 Å². The number of rotatable bonds is 11. The van der Waals surface area contributed by atoms with E-state index < -0.39 is 0 Å². The monoisotopic (exact) mass is 348 g/mol. The molecule has 1 aromatic carbocycles. The van der Waals surface area contributed by atoms with Crippen molar-refractivity contribution >= 4 is 24.0 Å². The Hall–Kier alpha value is -1.33. The maximum Gasteiger partial charge on any atom is 0.255 e. The third-order valence-corrected chi connectivity index (χ3v) is 5.61. The number of carbonyl (C=O) groups excluding carboxylic acids is 2. The molecule has 0 aromatic heterocycles. The highest BCUT2D eigenvalue weighted by Crippen LogP contribution is 2.33. The van der Waals surface area contributed by atoms with Gasteiger partial charge < -0.3 is 15.0 Å². The van der Waals surface area contributed by atoms with Crippen LogP contribution in [0.15, 0.2) is 23.1 Å². The number of thioether (sulfide) groups is 1. The molecule has 1 amide bonds. The molecule has 1 heterocycles. The van der Waals surface area contributed by atoms with E-state index in [2.05, 4.69) is 11.4 Å². The number of hydrogen-bond donors (Lipinski definition) is 1. The normalized spacial score (nSPS) is 14.8. The molecule has 0 bridgehead atoms. The molecular weight excluding hydrogens is 320 g/mol. The minimum absolute atomic E-state index is 0.00650. The fraction of sp³-hybridized carbons (Fsp3) is 0.579. The van der Waals surface area contributed by atoms with Crippen LogP contribution in [-0.2, 0) is 11.3 Å². The molecule has 132 valence electrons. The van der Waals surface area contributed by atoms with Crippen LogP contribution in [0.5, 0.6) is 0 Å². The molecule has 0 radical (unpaired) electrons. The zero-order chi connectivity index (χ0) is 17.4. The van der Waals surface area contributed by atoms with Gasteiger partial charge in [-0.25, -0.2) is 0 Å². The van der Waals surface area contributed by atoms with Crippen molar-refractivity contribution < 1.29 is 9.59 Å². The SMILES string of the molecule is CCCC(C=O)N1Cc2c(SCCCCCNC)cccc2C1=O. The van der Waals surface area contributed by atoms with Crippen LogP contribution in [0.25, 0.3) is 0 Å². The third-order valence-electron chi connectivity index (χ3n) is 4.42.